The number of aryl methyl sites for hydroxylation is 1. The highest BCUT2D eigenvalue weighted by Gasteiger charge is 2.16. The Morgan fingerprint density at radius 2 is 1.90 bits per heavy atom. The summed E-state index contributed by atoms with van der Waals surface area (Å²) in [5.74, 6) is 1.60. The van der Waals surface area contributed by atoms with Gasteiger partial charge >= 0.3 is 0 Å². The van der Waals surface area contributed by atoms with E-state index in [0.717, 1.165) is 21.7 Å². The summed E-state index contributed by atoms with van der Waals surface area (Å²) in [7, 11) is 0. The van der Waals surface area contributed by atoms with Crippen LogP contribution in [0.5, 0.6) is 11.5 Å². The second kappa shape index (κ2) is 5.66. The van der Waals surface area contributed by atoms with Crippen LogP contribution in [0.1, 0.15) is 22.7 Å². The number of nitrogens with one attached hydrogen (secondary N) is 1. The van der Waals surface area contributed by atoms with Gasteiger partial charge in [-0.05, 0) is 41.9 Å². The largest absolute Gasteiger partial charge is 0.486 e. The molecular formula is C15H16BrNO2S. The molecule has 3 nitrogen and oxygen atoms in total. The second-order valence-electron chi connectivity index (χ2n) is 4.79. The van der Waals surface area contributed by atoms with Crippen LogP contribution in [-0.2, 0) is 0 Å². The first-order valence-electron chi connectivity index (χ1n) is 6.55. The first-order valence-corrected chi connectivity index (χ1v) is 8.16. The molecule has 0 amide bonds. The molecule has 1 aromatic carbocycles. The van der Waals surface area contributed by atoms with Crippen LogP contribution in [-0.4, -0.2) is 13.2 Å². The molecule has 106 valence electrons. The lowest BCUT2D eigenvalue weighted by atomic mass is 10.2. The van der Waals surface area contributed by atoms with Gasteiger partial charge in [-0.1, -0.05) is 0 Å². The van der Waals surface area contributed by atoms with Crippen molar-refractivity contribution in [1.29, 1.82) is 0 Å². The fourth-order valence-corrected chi connectivity index (χ4v) is 3.48. The molecule has 0 radical (unpaired) electrons. The number of thiophene rings is 1. The molecule has 20 heavy (non-hydrogen) atoms. The molecule has 1 aliphatic heterocycles. The molecular weight excluding hydrogens is 338 g/mol. The van der Waals surface area contributed by atoms with Crippen LogP contribution in [0.2, 0.25) is 0 Å². The molecule has 0 bridgehead atoms. The summed E-state index contributed by atoms with van der Waals surface area (Å²) in [6.07, 6.45) is 0. The van der Waals surface area contributed by atoms with Crippen molar-refractivity contribution in [2.45, 2.75) is 19.9 Å². The van der Waals surface area contributed by atoms with Gasteiger partial charge in [-0.2, -0.15) is 0 Å². The molecule has 1 aromatic heterocycles. The smallest absolute Gasteiger partial charge is 0.163 e. The van der Waals surface area contributed by atoms with Gasteiger partial charge in [-0.15, -0.1) is 11.3 Å². The van der Waals surface area contributed by atoms with Crippen LogP contribution in [0.15, 0.2) is 28.7 Å². The zero-order valence-electron chi connectivity index (χ0n) is 11.4. The van der Waals surface area contributed by atoms with Crippen LogP contribution >= 0.6 is 27.3 Å². The van der Waals surface area contributed by atoms with E-state index in [2.05, 4.69) is 47.2 Å². The average molecular weight is 354 g/mol. The van der Waals surface area contributed by atoms with E-state index in [1.54, 1.807) is 0 Å². The molecule has 1 N–H and O–H groups in total. The number of hydrogen-bond donors (Lipinski definition) is 1. The lowest BCUT2D eigenvalue weighted by Crippen LogP contribution is -2.16. The molecule has 0 fully saturated rings. The summed E-state index contributed by atoms with van der Waals surface area (Å²) < 4.78 is 12.2. The Hall–Kier alpha value is -1.20. The molecule has 0 saturated carbocycles. The number of anilines is 1. The predicted octanol–water partition coefficient (Wildman–Crippen LogP) is 4.76. The van der Waals surface area contributed by atoms with Crippen molar-refractivity contribution in [2.75, 3.05) is 18.5 Å². The lowest BCUT2D eigenvalue weighted by Gasteiger charge is -2.21. The number of benzene rings is 1. The van der Waals surface area contributed by atoms with E-state index >= 15 is 0 Å². The standard InChI is InChI=1S/C15H16BrNO2S/c1-9-3-4-15(20-9)10(2)17-12-8-14-13(7-11(12)16)18-5-6-19-14/h3-4,7-8,10,17H,5-6H2,1-2H3. The van der Waals surface area contributed by atoms with Crippen molar-refractivity contribution in [1.82, 2.24) is 0 Å². The van der Waals surface area contributed by atoms with Crippen molar-refractivity contribution in [3.63, 3.8) is 0 Å². The van der Waals surface area contributed by atoms with Gasteiger partial charge in [-0.25, -0.2) is 0 Å². The Morgan fingerprint density at radius 3 is 2.55 bits per heavy atom. The van der Waals surface area contributed by atoms with Gasteiger partial charge in [0.25, 0.3) is 0 Å². The Balaban J connectivity index is 1.83. The quantitative estimate of drug-likeness (QED) is 0.862. The normalized spacial score (nSPS) is 14.9. The third-order valence-corrected chi connectivity index (χ3v) is 5.03. The van der Waals surface area contributed by atoms with E-state index in [9.17, 15) is 0 Å². The van der Waals surface area contributed by atoms with Crippen LogP contribution in [0.4, 0.5) is 5.69 Å². The van der Waals surface area contributed by atoms with E-state index in [1.165, 1.54) is 9.75 Å². The fourth-order valence-electron chi connectivity index (χ4n) is 2.17. The summed E-state index contributed by atoms with van der Waals surface area (Å²) in [5, 5.41) is 3.52. The minimum atomic E-state index is 0.257. The monoisotopic (exact) mass is 353 g/mol. The maximum atomic E-state index is 5.63. The maximum absolute atomic E-state index is 5.63. The zero-order valence-corrected chi connectivity index (χ0v) is 13.8. The topological polar surface area (TPSA) is 30.5 Å². The third kappa shape index (κ3) is 2.79. The molecule has 0 spiro atoms. The van der Waals surface area contributed by atoms with E-state index < -0.39 is 0 Å². The maximum Gasteiger partial charge on any atom is 0.163 e. The second-order valence-corrected chi connectivity index (χ2v) is 6.96. The Bertz CT molecular complexity index is 626. The van der Waals surface area contributed by atoms with Crippen molar-refractivity contribution >= 4 is 33.0 Å². The van der Waals surface area contributed by atoms with Crippen LogP contribution in [0, 0.1) is 6.92 Å². The molecule has 0 aliphatic carbocycles. The van der Waals surface area contributed by atoms with E-state index in [1.807, 2.05) is 23.5 Å². The minimum absolute atomic E-state index is 0.257. The summed E-state index contributed by atoms with van der Waals surface area (Å²) in [4.78, 5) is 2.65. The summed E-state index contributed by atoms with van der Waals surface area (Å²) >= 11 is 5.40. The SMILES string of the molecule is Cc1ccc(C(C)Nc2cc3c(cc2Br)OCCO3)s1. The molecule has 5 heteroatoms. The first-order chi connectivity index (χ1) is 9.63. The zero-order chi connectivity index (χ0) is 14.1. The number of fused-ring (bicyclic) bond motifs is 1. The van der Waals surface area contributed by atoms with Crippen LogP contribution in [0.3, 0.4) is 0 Å². The van der Waals surface area contributed by atoms with E-state index in [-0.39, 0.29) is 6.04 Å². The molecule has 3 rings (SSSR count). The predicted molar refractivity (Wildman–Crippen MR) is 86.2 cm³/mol. The average Bonchev–Trinajstić information content (AvgIpc) is 2.86. The van der Waals surface area contributed by atoms with Crippen molar-refractivity contribution in [3.8, 4) is 11.5 Å². The first kappa shape index (κ1) is 13.8. The Morgan fingerprint density at radius 1 is 1.20 bits per heavy atom. The number of halogens is 1. The van der Waals surface area contributed by atoms with E-state index in [4.69, 9.17) is 9.47 Å². The van der Waals surface area contributed by atoms with E-state index in [0.29, 0.717) is 13.2 Å². The van der Waals surface area contributed by atoms with Gasteiger partial charge in [0, 0.05) is 26.4 Å². The third-order valence-electron chi connectivity index (χ3n) is 3.19. The van der Waals surface area contributed by atoms with Crippen LogP contribution in [0.25, 0.3) is 0 Å². The molecule has 2 heterocycles. The van der Waals surface area contributed by atoms with Crippen molar-refractivity contribution in [3.05, 3.63) is 38.5 Å². The number of hydrogen-bond acceptors (Lipinski definition) is 4. The molecule has 0 saturated heterocycles. The molecule has 2 aromatic rings. The fraction of sp³-hybridized carbons (Fsp3) is 0.333. The highest BCUT2D eigenvalue weighted by Crippen LogP contribution is 2.39. The molecule has 1 atom stereocenters. The molecule has 1 unspecified atom stereocenters. The van der Waals surface area contributed by atoms with Gasteiger partial charge in [0.1, 0.15) is 13.2 Å². The Kier molecular flexibility index (Phi) is 3.89. The Labute approximate surface area is 131 Å². The number of ether oxygens (including phenoxy) is 2. The van der Waals surface area contributed by atoms with Crippen molar-refractivity contribution < 1.29 is 9.47 Å². The number of rotatable bonds is 3. The highest BCUT2D eigenvalue weighted by atomic mass is 79.9. The summed E-state index contributed by atoms with van der Waals surface area (Å²) in [6.45, 7) is 5.50. The van der Waals surface area contributed by atoms with Gasteiger partial charge < -0.3 is 14.8 Å². The van der Waals surface area contributed by atoms with Crippen molar-refractivity contribution in [2.24, 2.45) is 0 Å². The summed E-state index contributed by atoms with van der Waals surface area (Å²) in [6, 6.07) is 8.53. The van der Waals surface area contributed by atoms with Gasteiger partial charge in [0.2, 0.25) is 0 Å². The lowest BCUT2D eigenvalue weighted by molar-refractivity contribution is 0.171. The minimum Gasteiger partial charge on any atom is -0.486 e. The summed E-state index contributed by atoms with van der Waals surface area (Å²) in [5.41, 5.74) is 1.02. The molecule has 1 aliphatic rings. The van der Waals surface area contributed by atoms with Crippen LogP contribution < -0.4 is 14.8 Å². The van der Waals surface area contributed by atoms with Gasteiger partial charge in [-0.3, -0.25) is 0 Å². The highest BCUT2D eigenvalue weighted by molar-refractivity contribution is 9.10. The van der Waals surface area contributed by atoms with Gasteiger partial charge in [0.05, 0.1) is 11.7 Å². The van der Waals surface area contributed by atoms with Gasteiger partial charge in [0.15, 0.2) is 11.5 Å².